The molecule has 0 saturated carbocycles. The lowest BCUT2D eigenvalue weighted by atomic mass is 10.1. The first kappa shape index (κ1) is 19.3. The average molecular weight is 367 g/mol. The molecule has 2 aromatic carbocycles. The average Bonchev–Trinajstić information content (AvgIpc) is 2.93. The molecule has 5 N–H and O–H groups in total. The molecule has 0 unspecified atom stereocenters. The maximum absolute atomic E-state index is 9.92. The van der Waals surface area contributed by atoms with Gasteiger partial charge in [-0.3, -0.25) is 0 Å². The van der Waals surface area contributed by atoms with Crippen LogP contribution in [0.3, 0.4) is 0 Å². The quantitative estimate of drug-likeness (QED) is 0.434. The Morgan fingerprint density at radius 1 is 0.926 bits per heavy atom. The number of aryl methyl sites for hydroxylation is 2. The van der Waals surface area contributed by atoms with E-state index in [-0.39, 0.29) is 11.5 Å². The minimum atomic E-state index is 0.265. The van der Waals surface area contributed by atoms with E-state index >= 15 is 0 Å². The molecule has 144 valence electrons. The van der Waals surface area contributed by atoms with Crippen LogP contribution in [0.1, 0.15) is 24.8 Å². The molecule has 0 atom stereocenters. The third kappa shape index (κ3) is 4.43. The Morgan fingerprint density at radius 2 is 1.67 bits per heavy atom. The first-order valence-corrected chi connectivity index (χ1v) is 9.64. The van der Waals surface area contributed by atoms with Crippen molar-refractivity contribution in [3.8, 4) is 22.8 Å². The van der Waals surface area contributed by atoms with Crippen LogP contribution in [0.4, 0.5) is 0 Å². The molecule has 27 heavy (non-hydrogen) atoms. The summed E-state index contributed by atoms with van der Waals surface area (Å²) in [7, 11) is 0. The largest absolute Gasteiger partial charge is 0.508 e. The molecule has 1 heterocycles. The number of phenols is 2. The van der Waals surface area contributed by atoms with Crippen molar-refractivity contribution < 1.29 is 10.2 Å². The van der Waals surface area contributed by atoms with E-state index < -0.39 is 0 Å². The monoisotopic (exact) mass is 367 g/mol. The van der Waals surface area contributed by atoms with Gasteiger partial charge in [-0.1, -0.05) is 6.42 Å². The predicted octanol–water partition coefficient (Wildman–Crippen LogP) is 3.75. The lowest BCUT2D eigenvalue weighted by Crippen LogP contribution is -2.23. The standard InChI is InChI=1S/C22H29N3O2/c1-16-20-15-19(27)9-10-21(20)25(14-4-2-3-12-24-13-11-23)22(16)17-5-7-18(26)8-6-17/h5-10,15,24,26-27H,2-4,11-14,23H2,1H3. The molecular weight excluding hydrogens is 338 g/mol. The number of rotatable bonds is 9. The zero-order valence-corrected chi connectivity index (χ0v) is 15.9. The Balaban J connectivity index is 1.85. The summed E-state index contributed by atoms with van der Waals surface area (Å²) in [5.41, 5.74) is 10.0. The van der Waals surface area contributed by atoms with Gasteiger partial charge in [0.2, 0.25) is 0 Å². The van der Waals surface area contributed by atoms with Crippen molar-refractivity contribution in [3.63, 3.8) is 0 Å². The Labute approximate surface area is 160 Å². The summed E-state index contributed by atoms with van der Waals surface area (Å²) in [5.74, 6) is 0.549. The summed E-state index contributed by atoms with van der Waals surface area (Å²) in [6.07, 6.45) is 3.36. The highest BCUT2D eigenvalue weighted by Crippen LogP contribution is 2.35. The summed E-state index contributed by atoms with van der Waals surface area (Å²) in [4.78, 5) is 0. The smallest absolute Gasteiger partial charge is 0.116 e. The minimum Gasteiger partial charge on any atom is -0.508 e. The maximum Gasteiger partial charge on any atom is 0.116 e. The molecule has 3 aromatic rings. The van der Waals surface area contributed by atoms with E-state index in [0.29, 0.717) is 6.54 Å². The van der Waals surface area contributed by atoms with Gasteiger partial charge in [-0.2, -0.15) is 0 Å². The number of benzene rings is 2. The number of unbranched alkanes of at least 4 members (excludes halogenated alkanes) is 2. The van der Waals surface area contributed by atoms with Gasteiger partial charge in [-0.25, -0.2) is 0 Å². The summed E-state index contributed by atoms with van der Waals surface area (Å²) in [6, 6.07) is 12.9. The third-order valence-corrected chi connectivity index (χ3v) is 5.00. The highest BCUT2D eigenvalue weighted by atomic mass is 16.3. The molecule has 3 rings (SSSR count). The van der Waals surface area contributed by atoms with Gasteiger partial charge in [-0.05, 0) is 79.9 Å². The number of nitrogens with one attached hydrogen (secondary N) is 1. The molecule has 1 aromatic heterocycles. The molecule has 0 amide bonds. The molecular formula is C22H29N3O2. The van der Waals surface area contributed by atoms with Crippen LogP contribution in [0.15, 0.2) is 42.5 Å². The normalized spacial score (nSPS) is 11.3. The zero-order chi connectivity index (χ0) is 19.2. The Kier molecular flexibility index (Phi) is 6.37. The Hall–Kier alpha value is -2.50. The van der Waals surface area contributed by atoms with Gasteiger partial charge in [-0.15, -0.1) is 0 Å². The van der Waals surface area contributed by atoms with Crippen LogP contribution in [-0.4, -0.2) is 34.4 Å². The number of nitrogens with zero attached hydrogens (tertiary/aromatic N) is 1. The SMILES string of the molecule is Cc1c(-c2ccc(O)cc2)n(CCCCCNCCN)c2ccc(O)cc12. The lowest BCUT2D eigenvalue weighted by Gasteiger charge is -2.12. The third-order valence-electron chi connectivity index (χ3n) is 5.00. The van der Waals surface area contributed by atoms with E-state index in [0.717, 1.165) is 66.6 Å². The van der Waals surface area contributed by atoms with E-state index in [1.165, 1.54) is 0 Å². The number of hydrogen-bond acceptors (Lipinski definition) is 4. The number of fused-ring (bicyclic) bond motifs is 1. The van der Waals surface area contributed by atoms with Crippen molar-refractivity contribution in [2.24, 2.45) is 5.73 Å². The topological polar surface area (TPSA) is 83.4 Å². The molecule has 0 aliphatic heterocycles. The minimum absolute atomic E-state index is 0.265. The van der Waals surface area contributed by atoms with E-state index in [9.17, 15) is 10.2 Å². The van der Waals surface area contributed by atoms with Crippen LogP contribution in [-0.2, 0) is 6.54 Å². The van der Waals surface area contributed by atoms with Gasteiger partial charge in [0.1, 0.15) is 11.5 Å². The summed E-state index contributed by atoms with van der Waals surface area (Å²) < 4.78 is 2.34. The van der Waals surface area contributed by atoms with Crippen LogP contribution >= 0.6 is 0 Å². The summed E-state index contributed by atoms with van der Waals surface area (Å²) in [6.45, 7) is 5.56. The van der Waals surface area contributed by atoms with Crippen LogP contribution < -0.4 is 11.1 Å². The molecule has 5 nitrogen and oxygen atoms in total. The van der Waals surface area contributed by atoms with Crippen LogP contribution in [0.5, 0.6) is 11.5 Å². The van der Waals surface area contributed by atoms with Gasteiger partial charge in [0, 0.05) is 30.5 Å². The fourth-order valence-corrected chi connectivity index (χ4v) is 3.66. The van der Waals surface area contributed by atoms with Crippen LogP contribution in [0.2, 0.25) is 0 Å². The van der Waals surface area contributed by atoms with Gasteiger partial charge in [0.15, 0.2) is 0 Å². The Bertz CT molecular complexity index is 885. The lowest BCUT2D eigenvalue weighted by molar-refractivity contribution is 0.475. The number of nitrogens with two attached hydrogens (primary N) is 1. The number of aromatic nitrogens is 1. The van der Waals surface area contributed by atoms with Crippen LogP contribution in [0.25, 0.3) is 22.2 Å². The molecule has 0 aliphatic carbocycles. The highest BCUT2D eigenvalue weighted by molar-refractivity contribution is 5.92. The highest BCUT2D eigenvalue weighted by Gasteiger charge is 2.16. The van der Waals surface area contributed by atoms with Crippen molar-refractivity contribution in [2.75, 3.05) is 19.6 Å². The van der Waals surface area contributed by atoms with Crippen molar-refractivity contribution >= 4 is 10.9 Å². The van der Waals surface area contributed by atoms with Gasteiger partial charge >= 0.3 is 0 Å². The number of hydrogen-bond donors (Lipinski definition) is 4. The first-order chi connectivity index (χ1) is 13.1. The van der Waals surface area contributed by atoms with Crippen molar-refractivity contribution in [1.82, 2.24) is 9.88 Å². The van der Waals surface area contributed by atoms with E-state index in [1.54, 1.807) is 18.2 Å². The maximum atomic E-state index is 9.92. The van der Waals surface area contributed by atoms with Crippen molar-refractivity contribution in [1.29, 1.82) is 0 Å². The van der Waals surface area contributed by atoms with Gasteiger partial charge < -0.3 is 25.8 Å². The molecule has 0 saturated heterocycles. The van der Waals surface area contributed by atoms with E-state index in [1.807, 2.05) is 24.3 Å². The van der Waals surface area contributed by atoms with Crippen LogP contribution in [0, 0.1) is 6.92 Å². The second-order valence-electron chi connectivity index (χ2n) is 6.97. The molecule has 5 heteroatoms. The first-order valence-electron chi connectivity index (χ1n) is 9.64. The molecule has 0 bridgehead atoms. The van der Waals surface area contributed by atoms with E-state index in [4.69, 9.17) is 5.73 Å². The zero-order valence-electron chi connectivity index (χ0n) is 15.9. The number of phenolic OH excluding ortho intramolecular Hbond substituents is 2. The summed E-state index contributed by atoms with van der Waals surface area (Å²) >= 11 is 0. The summed E-state index contributed by atoms with van der Waals surface area (Å²) in [5, 5.41) is 24.0. The fourth-order valence-electron chi connectivity index (χ4n) is 3.66. The Morgan fingerprint density at radius 3 is 2.41 bits per heavy atom. The van der Waals surface area contributed by atoms with Gasteiger partial charge in [0.25, 0.3) is 0 Å². The molecule has 0 fully saturated rings. The van der Waals surface area contributed by atoms with Gasteiger partial charge in [0.05, 0.1) is 5.69 Å². The predicted molar refractivity (Wildman–Crippen MR) is 111 cm³/mol. The molecule has 0 radical (unpaired) electrons. The molecule has 0 spiro atoms. The molecule has 0 aliphatic rings. The van der Waals surface area contributed by atoms with Crippen molar-refractivity contribution in [2.45, 2.75) is 32.7 Å². The van der Waals surface area contributed by atoms with Crippen molar-refractivity contribution in [3.05, 3.63) is 48.0 Å². The second kappa shape index (κ2) is 8.93. The van der Waals surface area contributed by atoms with E-state index in [2.05, 4.69) is 16.8 Å². The number of aromatic hydroxyl groups is 2. The fraction of sp³-hybridized carbons (Fsp3) is 0.364. The second-order valence-corrected chi connectivity index (χ2v) is 6.97.